The zero-order valence-corrected chi connectivity index (χ0v) is 15.4. The van der Waals surface area contributed by atoms with Crippen molar-refractivity contribution in [2.45, 2.75) is 32.0 Å². The fraction of sp³-hybridized carbons (Fsp3) is 0.350. The Morgan fingerprint density at radius 2 is 2.04 bits per heavy atom. The van der Waals surface area contributed by atoms with E-state index in [4.69, 9.17) is 25.8 Å². The molecule has 1 aliphatic heterocycles. The Labute approximate surface area is 158 Å². The standard InChI is InChI=1S/C20H22ClNO4/c1-14(26-16-10-8-15(21)9-11-16)20(23)22-18-6-2-3-7-19(18)25-13-17-5-4-12-24-17/h2-3,6-11,14,17H,4-5,12-13H2,1H3,(H,22,23)/t14-,17+/m0/s1. The molecule has 2 aromatic rings. The molecule has 1 aliphatic rings. The maximum absolute atomic E-state index is 12.5. The van der Waals surface area contributed by atoms with E-state index < -0.39 is 6.10 Å². The van der Waals surface area contributed by atoms with Gasteiger partial charge in [-0.2, -0.15) is 0 Å². The van der Waals surface area contributed by atoms with E-state index in [9.17, 15) is 4.79 Å². The Balaban J connectivity index is 1.58. The minimum absolute atomic E-state index is 0.117. The van der Waals surface area contributed by atoms with Gasteiger partial charge in [-0.15, -0.1) is 0 Å². The topological polar surface area (TPSA) is 56.8 Å². The Kier molecular flexibility index (Phi) is 6.36. The summed E-state index contributed by atoms with van der Waals surface area (Å²) in [5, 5.41) is 3.48. The lowest BCUT2D eigenvalue weighted by Gasteiger charge is -2.18. The molecular formula is C20H22ClNO4. The molecule has 0 spiro atoms. The highest BCUT2D eigenvalue weighted by Gasteiger charge is 2.19. The number of hydrogen-bond donors (Lipinski definition) is 1. The molecule has 3 rings (SSSR count). The van der Waals surface area contributed by atoms with Gasteiger partial charge >= 0.3 is 0 Å². The van der Waals surface area contributed by atoms with Crippen LogP contribution in [0.15, 0.2) is 48.5 Å². The maximum Gasteiger partial charge on any atom is 0.265 e. The number of para-hydroxylation sites is 2. The summed E-state index contributed by atoms with van der Waals surface area (Å²) in [5.74, 6) is 0.947. The highest BCUT2D eigenvalue weighted by atomic mass is 35.5. The molecule has 1 fully saturated rings. The second-order valence-corrected chi connectivity index (χ2v) is 6.58. The number of carbonyl (C=O) groups is 1. The van der Waals surface area contributed by atoms with Gasteiger partial charge < -0.3 is 19.5 Å². The monoisotopic (exact) mass is 375 g/mol. The van der Waals surface area contributed by atoms with E-state index in [0.29, 0.717) is 28.8 Å². The molecular weight excluding hydrogens is 354 g/mol. The molecule has 0 aromatic heterocycles. The largest absolute Gasteiger partial charge is 0.489 e. The minimum Gasteiger partial charge on any atom is -0.489 e. The van der Waals surface area contributed by atoms with Crippen LogP contribution in [0, 0.1) is 0 Å². The first kappa shape index (κ1) is 18.5. The molecule has 2 atom stereocenters. The molecule has 1 heterocycles. The molecule has 6 heteroatoms. The number of benzene rings is 2. The van der Waals surface area contributed by atoms with E-state index >= 15 is 0 Å². The van der Waals surface area contributed by atoms with Gasteiger partial charge in [-0.1, -0.05) is 23.7 Å². The van der Waals surface area contributed by atoms with Crippen molar-refractivity contribution in [1.82, 2.24) is 0 Å². The van der Waals surface area contributed by atoms with Crippen LogP contribution < -0.4 is 14.8 Å². The van der Waals surface area contributed by atoms with Crippen LogP contribution in [0.25, 0.3) is 0 Å². The predicted molar refractivity (Wildman–Crippen MR) is 101 cm³/mol. The summed E-state index contributed by atoms with van der Waals surface area (Å²) < 4.78 is 17.1. The molecule has 0 radical (unpaired) electrons. The third kappa shape index (κ3) is 5.13. The van der Waals surface area contributed by atoms with Crippen molar-refractivity contribution in [3.63, 3.8) is 0 Å². The molecule has 2 aromatic carbocycles. The number of hydrogen-bond acceptors (Lipinski definition) is 4. The van der Waals surface area contributed by atoms with E-state index in [0.717, 1.165) is 19.4 Å². The Bertz CT molecular complexity index is 729. The molecule has 1 N–H and O–H groups in total. The van der Waals surface area contributed by atoms with E-state index in [-0.39, 0.29) is 12.0 Å². The van der Waals surface area contributed by atoms with Gasteiger partial charge in [-0.05, 0) is 56.2 Å². The highest BCUT2D eigenvalue weighted by molar-refractivity contribution is 6.30. The van der Waals surface area contributed by atoms with Gasteiger partial charge in [0.15, 0.2) is 6.10 Å². The number of rotatable bonds is 7. The fourth-order valence-corrected chi connectivity index (χ4v) is 2.79. The molecule has 26 heavy (non-hydrogen) atoms. The zero-order valence-electron chi connectivity index (χ0n) is 14.6. The lowest BCUT2D eigenvalue weighted by Crippen LogP contribution is -2.30. The highest BCUT2D eigenvalue weighted by Crippen LogP contribution is 2.25. The number of anilines is 1. The maximum atomic E-state index is 12.5. The van der Waals surface area contributed by atoms with Gasteiger partial charge in [-0.25, -0.2) is 0 Å². The molecule has 0 bridgehead atoms. The summed E-state index contributed by atoms with van der Waals surface area (Å²) >= 11 is 5.85. The van der Waals surface area contributed by atoms with Gasteiger partial charge in [-0.3, -0.25) is 4.79 Å². The quantitative estimate of drug-likeness (QED) is 0.783. The molecule has 1 amide bonds. The fourth-order valence-electron chi connectivity index (χ4n) is 2.66. The average Bonchev–Trinajstić information content (AvgIpc) is 3.16. The second kappa shape index (κ2) is 8.92. The van der Waals surface area contributed by atoms with Crippen LogP contribution in [0.5, 0.6) is 11.5 Å². The van der Waals surface area contributed by atoms with Crippen LogP contribution in [0.4, 0.5) is 5.69 Å². The first-order valence-electron chi connectivity index (χ1n) is 8.68. The molecule has 5 nitrogen and oxygen atoms in total. The van der Waals surface area contributed by atoms with Gasteiger partial charge in [0.25, 0.3) is 5.91 Å². The molecule has 138 valence electrons. The van der Waals surface area contributed by atoms with E-state index in [1.807, 2.05) is 18.2 Å². The number of ether oxygens (including phenoxy) is 3. The lowest BCUT2D eigenvalue weighted by molar-refractivity contribution is -0.122. The summed E-state index contributed by atoms with van der Waals surface area (Å²) in [5.41, 5.74) is 0.613. The molecule has 0 saturated carbocycles. The number of carbonyl (C=O) groups excluding carboxylic acids is 1. The van der Waals surface area contributed by atoms with E-state index in [1.165, 1.54) is 0 Å². The van der Waals surface area contributed by atoms with Crippen molar-refractivity contribution in [2.24, 2.45) is 0 Å². The summed E-state index contributed by atoms with van der Waals surface area (Å²) in [6.07, 6.45) is 1.51. The molecule has 0 aliphatic carbocycles. The number of nitrogens with one attached hydrogen (secondary N) is 1. The van der Waals surface area contributed by atoms with Crippen LogP contribution in [0.3, 0.4) is 0 Å². The third-order valence-corrected chi connectivity index (χ3v) is 4.34. The van der Waals surface area contributed by atoms with E-state index in [1.54, 1.807) is 37.3 Å². The van der Waals surface area contributed by atoms with Crippen molar-refractivity contribution in [3.8, 4) is 11.5 Å². The van der Waals surface area contributed by atoms with Crippen molar-refractivity contribution < 1.29 is 19.0 Å². The molecule has 1 saturated heterocycles. The average molecular weight is 376 g/mol. The molecule has 0 unspecified atom stereocenters. The van der Waals surface area contributed by atoms with Gasteiger partial charge in [0.1, 0.15) is 18.1 Å². The van der Waals surface area contributed by atoms with Crippen molar-refractivity contribution in [2.75, 3.05) is 18.5 Å². The van der Waals surface area contributed by atoms with Crippen LogP contribution in [-0.2, 0) is 9.53 Å². The summed E-state index contributed by atoms with van der Waals surface area (Å²) in [6, 6.07) is 14.2. The lowest BCUT2D eigenvalue weighted by atomic mass is 10.2. The number of halogens is 1. The predicted octanol–water partition coefficient (Wildman–Crippen LogP) is 4.30. The second-order valence-electron chi connectivity index (χ2n) is 6.15. The zero-order chi connectivity index (χ0) is 18.4. The smallest absolute Gasteiger partial charge is 0.265 e. The van der Waals surface area contributed by atoms with Gasteiger partial charge in [0.05, 0.1) is 11.8 Å². The van der Waals surface area contributed by atoms with Gasteiger partial charge in [0.2, 0.25) is 0 Å². The SMILES string of the molecule is C[C@H](Oc1ccc(Cl)cc1)C(=O)Nc1ccccc1OC[C@H]1CCCO1. The van der Waals surface area contributed by atoms with Crippen molar-refractivity contribution in [3.05, 3.63) is 53.6 Å². The van der Waals surface area contributed by atoms with E-state index in [2.05, 4.69) is 5.32 Å². The van der Waals surface area contributed by atoms with Crippen LogP contribution >= 0.6 is 11.6 Å². The first-order valence-corrected chi connectivity index (χ1v) is 9.06. The van der Waals surface area contributed by atoms with Crippen molar-refractivity contribution in [1.29, 1.82) is 0 Å². The van der Waals surface area contributed by atoms with Gasteiger partial charge in [0, 0.05) is 11.6 Å². The number of amides is 1. The normalized spacial score (nSPS) is 17.5. The van der Waals surface area contributed by atoms with Crippen LogP contribution in [0.1, 0.15) is 19.8 Å². The Morgan fingerprint density at radius 1 is 1.27 bits per heavy atom. The van der Waals surface area contributed by atoms with Crippen molar-refractivity contribution >= 4 is 23.2 Å². The van der Waals surface area contributed by atoms with Crippen LogP contribution in [-0.4, -0.2) is 31.3 Å². The van der Waals surface area contributed by atoms with Crippen LogP contribution in [0.2, 0.25) is 5.02 Å². The Hall–Kier alpha value is -2.24. The third-order valence-electron chi connectivity index (χ3n) is 4.09. The summed E-state index contributed by atoms with van der Waals surface area (Å²) in [7, 11) is 0. The Morgan fingerprint density at radius 3 is 2.77 bits per heavy atom. The summed E-state index contributed by atoms with van der Waals surface area (Å²) in [4.78, 5) is 12.5. The first-order chi connectivity index (χ1) is 12.6. The summed E-state index contributed by atoms with van der Waals surface area (Å²) in [6.45, 7) is 2.95. The minimum atomic E-state index is -0.664.